The molecule has 5 heteroatoms. The fraction of sp³-hybridized carbons (Fsp3) is 0.409. The Morgan fingerprint density at radius 2 is 1.78 bits per heavy atom. The molecule has 0 bridgehead atoms. The van der Waals surface area contributed by atoms with E-state index in [-0.39, 0.29) is 24.0 Å². The zero-order valence-corrected chi connectivity index (χ0v) is 18.5. The Balaban J connectivity index is 0.00000261. The predicted molar refractivity (Wildman–Crippen MR) is 124 cm³/mol. The number of halogens is 1. The summed E-state index contributed by atoms with van der Waals surface area (Å²) in [6.07, 6.45) is 3.63. The maximum absolute atomic E-state index is 5.26. The van der Waals surface area contributed by atoms with Gasteiger partial charge in [-0.05, 0) is 49.3 Å². The fourth-order valence-electron chi connectivity index (χ4n) is 2.94. The van der Waals surface area contributed by atoms with Crippen molar-refractivity contribution in [1.82, 2.24) is 5.32 Å². The number of benzene rings is 2. The van der Waals surface area contributed by atoms with Crippen LogP contribution in [0.15, 0.2) is 59.6 Å². The van der Waals surface area contributed by atoms with E-state index in [9.17, 15) is 0 Å². The second kappa shape index (κ2) is 10.7. The van der Waals surface area contributed by atoms with E-state index in [1.54, 1.807) is 7.11 Å². The van der Waals surface area contributed by atoms with Crippen molar-refractivity contribution in [2.24, 2.45) is 10.4 Å². The first-order chi connectivity index (χ1) is 12.7. The van der Waals surface area contributed by atoms with E-state index in [1.807, 2.05) is 18.2 Å². The highest BCUT2D eigenvalue weighted by Gasteiger charge is 2.41. The lowest BCUT2D eigenvalue weighted by molar-refractivity contribution is 0.172. The zero-order chi connectivity index (χ0) is 18.2. The molecule has 0 saturated heterocycles. The van der Waals surface area contributed by atoms with Gasteiger partial charge in [0, 0.05) is 25.9 Å². The van der Waals surface area contributed by atoms with E-state index in [0.717, 1.165) is 31.2 Å². The molecule has 1 fully saturated rings. The van der Waals surface area contributed by atoms with E-state index in [0.29, 0.717) is 12.0 Å². The van der Waals surface area contributed by atoms with Gasteiger partial charge in [-0.25, -0.2) is 4.99 Å². The van der Waals surface area contributed by atoms with Crippen LogP contribution in [0, 0.1) is 12.3 Å². The number of ether oxygens (including phenoxy) is 1. The van der Waals surface area contributed by atoms with Gasteiger partial charge >= 0.3 is 0 Å². The van der Waals surface area contributed by atoms with Gasteiger partial charge in [0.05, 0.1) is 6.54 Å². The number of aliphatic imine (C=N–C) groups is 1. The van der Waals surface area contributed by atoms with Gasteiger partial charge < -0.3 is 15.4 Å². The van der Waals surface area contributed by atoms with Crippen LogP contribution in [0.2, 0.25) is 0 Å². The molecule has 27 heavy (non-hydrogen) atoms. The molecule has 0 radical (unpaired) electrons. The van der Waals surface area contributed by atoms with Crippen molar-refractivity contribution in [2.45, 2.75) is 32.7 Å². The lowest BCUT2D eigenvalue weighted by atomic mass is 10.0. The van der Waals surface area contributed by atoms with Crippen LogP contribution in [0.3, 0.4) is 0 Å². The molecule has 1 saturated carbocycles. The van der Waals surface area contributed by atoms with Gasteiger partial charge in [-0.2, -0.15) is 0 Å². The molecule has 0 unspecified atom stereocenters. The van der Waals surface area contributed by atoms with Crippen molar-refractivity contribution < 1.29 is 4.74 Å². The molecule has 0 aliphatic heterocycles. The third-order valence-electron chi connectivity index (χ3n) is 5.00. The van der Waals surface area contributed by atoms with Gasteiger partial charge in [-0.3, -0.25) is 0 Å². The van der Waals surface area contributed by atoms with Crippen molar-refractivity contribution >= 4 is 35.6 Å². The highest BCUT2D eigenvalue weighted by Crippen LogP contribution is 2.48. The Kier molecular flexibility index (Phi) is 8.57. The summed E-state index contributed by atoms with van der Waals surface area (Å²) in [5.74, 6) is 0.834. The van der Waals surface area contributed by atoms with Crippen LogP contribution in [0.4, 0.5) is 5.69 Å². The first-order valence-corrected chi connectivity index (χ1v) is 9.34. The lowest BCUT2D eigenvalue weighted by Gasteiger charge is -2.18. The number of hydrogen-bond donors (Lipinski definition) is 2. The summed E-state index contributed by atoms with van der Waals surface area (Å²) in [7, 11) is 1.77. The van der Waals surface area contributed by atoms with E-state index >= 15 is 0 Å². The van der Waals surface area contributed by atoms with Crippen molar-refractivity contribution in [3.63, 3.8) is 0 Å². The fourth-order valence-corrected chi connectivity index (χ4v) is 2.94. The average Bonchev–Trinajstić information content (AvgIpc) is 3.45. The molecule has 3 rings (SSSR count). The number of methoxy groups -OCH3 is 1. The Hall–Kier alpha value is -1.60. The van der Waals surface area contributed by atoms with Crippen LogP contribution in [-0.2, 0) is 11.3 Å². The smallest absolute Gasteiger partial charge is 0.196 e. The number of anilines is 1. The molecule has 2 aromatic carbocycles. The average molecular weight is 479 g/mol. The van der Waals surface area contributed by atoms with Crippen LogP contribution in [0.25, 0.3) is 0 Å². The molecule has 0 atom stereocenters. The van der Waals surface area contributed by atoms with Crippen LogP contribution in [0.5, 0.6) is 0 Å². The second-order valence-electron chi connectivity index (χ2n) is 7.24. The Labute approximate surface area is 179 Å². The predicted octanol–water partition coefficient (Wildman–Crippen LogP) is 4.99. The number of para-hydroxylation sites is 1. The summed E-state index contributed by atoms with van der Waals surface area (Å²) < 4.78 is 5.26. The number of rotatable bonds is 8. The summed E-state index contributed by atoms with van der Waals surface area (Å²) in [5.41, 5.74) is 3.90. The highest BCUT2D eigenvalue weighted by molar-refractivity contribution is 14.0. The van der Waals surface area contributed by atoms with Crippen molar-refractivity contribution in [3.8, 4) is 0 Å². The molecule has 2 aromatic rings. The summed E-state index contributed by atoms with van der Waals surface area (Å²) in [6, 6.07) is 18.7. The van der Waals surface area contributed by atoms with Gasteiger partial charge in [0.25, 0.3) is 0 Å². The maximum Gasteiger partial charge on any atom is 0.196 e. The topological polar surface area (TPSA) is 45.6 Å². The standard InChI is InChI=1S/C22H29N3O.HI/c1-18-8-10-19(11-9-18)16-23-21(25-20-6-4-3-5-7-20)24-17-22(12-13-22)14-15-26-2;/h3-11H,12-17H2,1-2H3,(H2,23,24,25);1H. The van der Waals surface area contributed by atoms with Gasteiger partial charge in [-0.1, -0.05) is 48.0 Å². The normalized spacial score (nSPS) is 15.0. The summed E-state index contributed by atoms with van der Waals surface area (Å²) >= 11 is 0. The van der Waals surface area contributed by atoms with E-state index in [4.69, 9.17) is 9.73 Å². The molecule has 1 aliphatic rings. The second-order valence-corrected chi connectivity index (χ2v) is 7.24. The van der Waals surface area contributed by atoms with E-state index < -0.39 is 0 Å². The first kappa shape index (κ1) is 21.7. The van der Waals surface area contributed by atoms with Gasteiger partial charge in [0.2, 0.25) is 0 Å². The van der Waals surface area contributed by atoms with Crippen LogP contribution in [-0.4, -0.2) is 26.2 Å². The molecule has 146 valence electrons. The Morgan fingerprint density at radius 1 is 1.07 bits per heavy atom. The number of hydrogen-bond acceptors (Lipinski definition) is 2. The number of nitrogens with one attached hydrogen (secondary N) is 2. The number of nitrogens with zero attached hydrogens (tertiary/aromatic N) is 1. The van der Waals surface area contributed by atoms with Crippen LogP contribution >= 0.6 is 24.0 Å². The monoisotopic (exact) mass is 479 g/mol. The summed E-state index contributed by atoms with van der Waals surface area (Å²) in [5, 5.41) is 6.97. The zero-order valence-electron chi connectivity index (χ0n) is 16.2. The minimum absolute atomic E-state index is 0. The molecule has 0 spiro atoms. The quantitative estimate of drug-likeness (QED) is 0.319. The molecule has 0 amide bonds. The maximum atomic E-state index is 5.26. The van der Waals surface area contributed by atoms with Gasteiger partial charge in [0.15, 0.2) is 5.96 Å². The van der Waals surface area contributed by atoms with E-state index in [2.05, 4.69) is 54.0 Å². The highest BCUT2D eigenvalue weighted by atomic mass is 127. The Bertz CT molecular complexity index is 712. The third-order valence-corrected chi connectivity index (χ3v) is 5.00. The molecule has 2 N–H and O–H groups in total. The summed E-state index contributed by atoms with van der Waals surface area (Å²) in [6.45, 7) is 4.52. The first-order valence-electron chi connectivity index (χ1n) is 9.34. The van der Waals surface area contributed by atoms with Crippen molar-refractivity contribution in [1.29, 1.82) is 0 Å². The largest absolute Gasteiger partial charge is 0.385 e. The van der Waals surface area contributed by atoms with Crippen molar-refractivity contribution in [3.05, 3.63) is 65.7 Å². The van der Waals surface area contributed by atoms with Crippen molar-refractivity contribution in [2.75, 3.05) is 25.6 Å². The number of aryl methyl sites for hydroxylation is 1. The van der Waals surface area contributed by atoms with E-state index in [1.165, 1.54) is 24.0 Å². The van der Waals surface area contributed by atoms with Gasteiger partial charge in [-0.15, -0.1) is 24.0 Å². The lowest BCUT2D eigenvalue weighted by Crippen LogP contribution is -2.35. The summed E-state index contributed by atoms with van der Waals surface area (Å²) in [4.78, 5) is 4.79. The minimum Gasteiger partial charge on any atom is -0.385 e. The minimum atomic E-state index is 0. The van der Waals surface area contributed by atoms with Crippen LogP contribution in [0.1, 0.15) is 30.4 Å². The number of guanidine groups is 1. The van der Waals surface area contributed by atoms with Crippen LogP contribution < -0.4 is 10.6 Å². The third kappa shape index (κ3) is 7.14. The SMILES string of the molecule is COCCC1(CNC(=NCc2ccc(C)cc2)Nc2ccccc2)CC1.I. The Morgan fingerprint density at radius 3 is 2.41 bits per heavy atom. The molecular weight excluding hydrogens is 449 g/mol. The molecule has 0 heterocycles. The molecule has 0 aromatic heterocycles. The molecule has 1 aliphatic carbocycles. The van der Waals surface area contributed by atoms with Gasteiger partial charge in [0.1, 0.15) is 0 Å². The molecular formula is C22H30IN3O. The molecule has 4 nitrogen and oxygen atoms in total.